The number of nitrogens with zero attached hydrogens (tertiary/aromatic N) is 1. The Morgan fingerprint density at radius 1 is 1.00 bits per heavy atom. The first kappa shape index (κ1) is 12.9. The molecule has 0 aromatic carbocycles. The summed E-state index contributed by atoms with van der Waals surface area (Å²) in [7, 11) is 0. The maximum Gasteiger partial charge on any atom is 0.0695 e. The third-order valence-corrected chi connectivity index (χ3v) is 2.93. The average Bonchev–Trinajstić information content (AvgIpc) is 2.16. The monoisotopic (exact) mass is 187 g/mol. The predicted molar refractivity (Wildman–Crippen MR) is 57.9 cm³/mol. The highest BCUT2D eigenvalue weighted by molar-refractivity contribution is 4.70. The van der Waals surface area contributed by atoms with Crippen LogP contribution in [0.1, 0.15) is 40.5 Å². The van der Waals surface area contributed by atoms with Crippen molar-refractivity contribution in [1.29, 1.82) is 0 Å². The third kappa shape index (κ3) is 4.63. The van der Waals surface area contributed by atoms with Gasteiger partial charge in [0.2, 0.25) is 0 Å². The third-order valence-electron chi connectivity index (χ3n) is 2.93. The molecule has 13 heavy (non-hydrogen) atoms. The Labute approximate surface area is 82.9 Å². The van der Waals surface area contributed by atoms with Gasteiger partial charge in [0, 0.05) is 6.54 Å². The molecule has 80 valence electrons. The van der Waals surface area contributed by atoms with Crippen LogP contribution in [0, 0.1) is 5.92 Å². The highest BCUT2D eigenvalue weighted by Gasteiger charge is 2.17. The summed E-state index contributed by atoms with van der Waals surface area (Å²) in [4.78, 5) is 2.28. The van der Waals surface area contributed by atoms with E-state index in [1.54, 1.807) is 0 Å². The quantitative estimate of drug-likeness (QED) is 0.660. The topological polar surface area (TPSA) is 23.5 Å². The smallest absolute Gasteiger partial charge is 0.0695 e. The number of rotatable bonds is 7. The molecule has 0 saturated heterocycles. The maximum atomic E-state index is 9.90. The Morgan fingerprint density at radius 3 is 1.77 bits per heavy atom. The fourth-order valence-electron chi connectivity index (χ4n) is 1.73. The summed E-state index contributed by atoms with van der Waals surface area (Å²) in [6.45, 7) is 11.5. The molecule has 1 N–H and O–H groups in total. The van der Waals surface area contributed by atoms with E-state index in [2.05, 4.69) is 32.6 Å². The van der Waals surface area contributed by atoms with Crippen LogP contribution in [-0.4, -0.2) is 35.7 Å². The molecule has 2 nitrogen and oxygen atoms in total. The van der Waals surface area contributed by atoms with Gasteiger partial charge in [0.1, 0.15) is 0 Å². The van der Waals surface area contributed by atoms with Gasteiger partial charge in [-0.3, -0.25) is 0 Å². The normalized spacial score (nSPS) is 14.1. The van der Waals surface area contributed by atoms with Crippen molar-refractivity contribution in [1.82, 2.24) is 4.90 Å². The maximum absolute atomic E-state index is 9.90. The summed E-state index contributed by atoms with van der Waals surface area (Å²) in [5.41, 5.74) is 0. The molecular formula is C11H25NO. The SMILES string of the molecule is CCC(CC)C(O)CN(CC)CC. The van der Waals surface area contributed by atoms with Crippen LogP contribution in [-0.2, 0) is 0 Å². The minimum Gasteiger partial charge on any atom is -0.392 e. The first-order valence-electron chi connectivity index (χ1n) is 5.59. The van der Waals surface area contributed by atoms with Crippen LogP contribution in [0.4, 0.5) is 0 Å². The lowest BCUT2D eigenvalue weighted by Crippen LogP contribution is -2.36. The van der Waals surface area contributed by atoms with Crippen molar-refractivity contribution in [2.45, 2.75) is 46.6 Å². The lowest BCUT2D eigenvalue weighted by Gasteiger charge is -2.26. The molecule has 0 aliphatic rings. The number of hydrogen-bond acceptors (Lipinski definition) is 2. The van der Waals surface area contributed by atoms with Crippen LogP contribution >= 0.6 is 0 Å². The Bertz CT molecular complexity index is 109. The molecule has 1 unspecified atom stereocenters. The largest absolute Gasteiger partial charge is 0.392 e. The summed E-state index contributed by atoms with van der Waals surface area (Å²) in [6.07, 6.45) is 2.02. The molecule has 0 rings (SSSR count). The summed E-state index contributed by atoms with van der Waals surface area (Å²) in [5, 5.41) is 9.90. The number of likely N-dealkylation sites (N-methyl/N-ethyl adjacent to an activating group) is 1. The minimum absolute atomic E-state index is 0.144. The summed E-state index contributed by atoms with van der Waals surface area (Å²) < 4.78 is 0. The van der Waals surface area contributed by atoms with E-state index in [9.17, 15) is 5.11 Å². The van der Waals surface area contributed by atoms with E-state index < -0.39 is 0 Å². The van der Waals surface area contributed by atoms with Gasteiger partial charge in [0.25, 0.3) is 0 Å². The van der Waals surface area contributed by atoms with Gasteiger partial charge < -0.3 is 10.0 Å². The van der Waals surface area contributed by atoms with E-state index in [1.807, 2.05) is 0 Å². The van der Waals surface area contributed by atoms with Crippen LogP contribution in [0.2, 0.25) is 0 Å². The van der Waals surface area contributed by atoms with E-state index in [0.29, 0.717) is 5.92 Å². The molecule has 0 aliphatic heterocycles. The van der Waals surface area contributed by atoms with Crippen LogP contribution in [0.15, 0.2) is 0 Å². The van der Waals surface area contributed by atoms with Crippen LogP contribution in [0.25, 0.3) is 0 Å². The number of aliphatic hydroxyl groups excluding tert-OH is 1. The van der Waals surface area contributed by atoms with Gasteiger partial charge in [-0.25, -0.2) is 0 Å². The standard InChI is InChI=1S/C11H25NO/c1-5-10(6-2)11(13)9-12(7-3)8-4/h10-11,13H,5-9H2,1-4H3. The van der Waals surface area contributed by atoms with Gasteiger partial charge in [-0.15, -0.1) is 0 Å². The van der Waals surface area contributed by atoms with Crippen molar-refractivity contribution in [3.05, 3.63) is 0 Å². The van der Waals surface area contributed by atoms with Gasteiger partial charge in [-0.1, -0.05) is 40.5 Å². The van der Waals surface area contributed by atoms with Crippen molar-refractivity contribution in [2.75, 3.05) is 19.6 Å². The second-order valence-electron chi connectivity index (χ2n) is 3.63. The van der Waals surface area contributed by atoms with Crippen molar-refractivity contribution >= 4 is 0 Å². The van der Waals surface area contributed by atoms with E-state index in [1.165, 1.54) is 0 Å². The fourth-order valence-corrected chi connectivity index (χ4v) is 1.73. The highest BCUT2D eigenvalue weighted by atomic mass is 16.3. The van der Waals surface area contributed by atoms with Crippen molar-refractivity contribution < 1.29 is 5.11 Å². The molecule has 0 saturated carbocycles. The minimum atomic E-state index is -0.144. The van der Waals surface area contributed by atoms with E-state index >= 15 is 0 Å². The molecule has 0 amide bonds. The van der Waals surface area contributed by atoms with E-state index in [4.69, 9.17) is 0 Å². The Kier molecular flexibility index (Phi) is 7.29. The van der Waals surface area contributed by atoms with Gasteiger partial charge in [-0.05, 0) is 19.0 Å². The average molecular weight is 187 g/mol. The summed E-state index contributed by atoms with van der Waals surface area (Å²) in [5.74, 6) is 0.473. The zero-order valence-corrected chi connectivity index (χ0v) is 9.58. The van der Waals surface area contributed by atoms with Gasteiger partial charge >= 0.3 is 0 Å². The van der Waals surface area contributed by atoms with Gasteiger partial charge in [0.15, 0.2) is 0 Å². The summed E-state index contributed by atoms with van der Waals surface area (Å²) in [6, 6.07) is 0. The van der Waals surface area contributed by atoms with Crippen LogP contribution in [0.3, 0.4) is 0 Å². The zero-order chi connectivity index (χ0) is 10.3. The molecular weight excluding hydrogens is 162 g/mol. The fraction of sp³-hybridized carbons (Fsp3) is 1.00. The highest BCUT2D eigenvalue weighted by Crippen LogP contribution is 2.13. The van der Waals surface area contributed by atoms with Crippen molar-refractivity contribution in [2.24, 2.45) is 5.92 Å². The molecule has 0 aromatic rings. The number of aliphatic hydroxyl groups is 1. The molecule has 2 heteroatoms. The second-order valence-corrected chi connectivity index (χ2v) is 3.63. The van der Waals surface area contributed by atoms with Crippen LogP contribution in [0.5, 0.6) is 0 Å². The molecule has 0 spiro atoms. The lowest BCUT2D eigenvalue weighted by atomic mass is 9.96. The van der Waals surface area contributed by atoms with Crippen molar-refractivity contribution in [3.63, 3.8) is 0 Å². The second kappa shape index (κ2) is 7.34. The van der Waals surface area contributed by atoms with E-state index in [-0.39, 0.29) is 6.10 Å². The number of hydrogen-bond donors (Lipinski definition) is 1. The summed E-state index contributed by atoms with van der Waals surface area (Å²) >= 11 is 0. The first-order chi connectivity index (χ1) is 6.19. The predicted octanol–water partition coefficient (Wildman–Crippen LogP) is 2.13. The van der Waals surface area contributed by atoms with Crippen LogP contribution < -0.4 is 0 Å². The molecule has 0 radical (unpaired) electrons. The van der Waals surface area contributed by atoms with E-state index in [0.717, 1.165) is 32.5 Å². The molecule has 0 aromatic heterocycles. The molecule has 0 fully saturated rings. The Balaban J connectivity index is 3.87. The molecule has 0 aliphatic carbocycles. The van der Waals surface area contributed by atoms with Gasteiger partial charge in [-0.2, -0.15) is 0 Å². The first-order valence-corrected chi connectivity index (χ1v) is 5.59. The zero-order valence-electron chi connectivity index (χ0n) is 9.58. The Morgan fingerprint density at radius 2 is 1.46 bits per heavy atom. The molecule has 0 heterocycles. The van der Waals surface area contributed by atoms with Gasteiger partial charge in [0.05, 0.1) is 6.10 Å². The van der Waals surface area contributed by atoms with Crippen molar-refractivity contribution in [3.8, 4) is 0 Å². The molecule has 0 bridgehead atoms. The Hall–Kier alpha value is -0.0800. The lowest BCUT2D eigenvalue weighted by molar-refractivity contribution is 0.0635. The molecule has 1 atom stereocenters.